The molecule has 0 saturated carbocycles. The number of carboxylic acids is 1. The lowest BCUT2D eigenvalue weighted by molar-refractivity contribution is -0.138. The maximum atomic E-state index is 10.8. The maximum Gasteiger partial charge on any atom is 0.312 e. The number of nitrogens with two attached hydrogens (primary N) is 1. The van der Waals surface area contributed by atoms with Crippen molar-refractivity contribution in [3.05, 3.63) is 11.3 Å². The number of nitrogen functional groups attached to an aromatic ring is 1. The molecule has 0 amide bonds. The molecule has 74 valence electrons. The zero-order valence-electron chi connectivity index (χ0n) is 7.61. The summed E-state index contributed by atoms with van der Waals surface area (Å²) in [5.74, 6) is -1.70. The molecule has 0 aliphatic rings. The first-order valence-corrected chi connectivity index (χ1v) is 4.08. The van der Waals surface area contributed by atoms with Crippen molar-refractivity contribution in [2.75, 3.05) is 5.73 Å². The van der Waals surface area contributed by atoms with Gasteiger partial charge in [-0.3, -0.25) is 9.89 Å². The molecule has 0 aromatic carbocycles. The molecule has 1 unspecified atom stereocenters. The third-order valence-electron chi connectivity index (χ3n) is 1.99. The molecule has 0 radical (unpaired) electrons. The normalized spacial score (nSPS) is 12.0. The van der Waals surface area contributed by atoms with E-state index in [1.807, 2.05) is 6.07 Å². The number of hydrogen-bond donors (Lipinski definition) is 3. The number of rotatable bonds is 3. The first-order chi connectivity index (χ1) is 6.61. The Kier molecular flexibility index (Phi) is 2.72. The Hall–Kier alpha value is -2.03. The van der Waals surface area contributed by atoms with Gasteiger partial charge in [-0.05, 0) is 6.42 Å². The molecule has 1 atom stereocenters. The van der Waals surface area contributed by atoms with Gasteiger partial charge in [0.15, 0.2) is 5.82 Å². The van der Waals surface area contributed by atoms with Crippen molar-refractivity contribution in [1.82, 2.24) is 10.2 Å². The molecule has 0 saturated heterocycles. The number of aliphatic carboxylic acids is 1. The number of nitrogens with zero attached hydrogens (tertiary/aromatic N) is 2. The van der Waals surface area contributed by atoms with E-state index in [-0.39, 0.29) is 17.1 Å². The van der Waals surface area contributed by atoms with Crippen LogP contribution in [-0.2, 0) is 4.79 Å². The number of aromatic amines is 1. The van der Waals surface area contributed by atoms with E-state index >= 15 is 0 Å². The maximum absolute atomic E-state index is 10.8. The van der Waals surface area contributed by atoms with Crippen molar-refractivity contribution in [2.45, 2.75) is 19.3 Å². The summed E-state index contributed by atoms with van der Waals surface area (Å²) in [6.07, 6.45) is 0.381. The van der Waals surface area contributed by atoms with Crippen LogP contribution in [0.1, 0.15) is 30.5 Å². The Morgan fingerprint density at radius 2 is 2.50 bits per heavy atom. The Morgan fingerprint density at radius 3 is 2.93 bits per heavy atom. The second kappa shape index (κ2) is 3.79. The van der Waals surface area contributed by atoms with Crippen LogP contribution in [0.25, 0.3) is 0 Å². The predicted molar refractivity (Wildman–Crippen MR) is 48.4 cm³/mol. The average molecular weight is 194 g/mol. The molecule has 0 spiro atoms. The quantitative estimate of drug-likeness (QED) is 0.645. The smallest absolute Gasteiger partial charge is 0.312 e. The fourth-order valence-corrected chi connectivity index (χ4v) is 1.24. The number of hydrogen-bond acceptors (Lipinski definition) is 4. The number of nitriles is 1. The molecule has 1 aromatic heterocycles. The molecule has 14 heavy (non-hydrogen) atoms. The number of aromatic nitrogens is 2. The minimum absolute atomic E-state index is 0.0437. The van der Waals surface area contributed by atoms with Gasteiger partial charge in [0.2, 0.25) is 0 Å². The van der Waals surface area contributed by atoms with Crippen LogP contribution in [-0.4, -0.2) is 21.3 Å². The highest BCUT2D eigenvalue weighted by atomic mass is 16.4. The average Bonchev–Trinajstić information content (AvgIpc) is 2.48. The lowest BCUT2D eigenvalue weighted by Crippen LogP contribution is -2.12. The van der Waals surface area contributed by atoms with Gasteiger partial charge in [0.25, 0.3) is 0 Å². The van der Waals surface area contributed by atoms with E-state index in [9.17, 15) is 4.79 Å². The molecule has 0 bridgehead atoms. The van der Waals surface area contributed by atoms with Gasteiger partial charge in [-0.2, -0.15) is 10.4 Å². The van der Waals surface area contributed by atoms with E-state index in [2.05, 4.69) is 10.2 Å². The van der Waals surface area contributed by atoms with Crippen LogP contribution in [0.15, 0.2) is 0 Å². The highest BCUT2D eigenvalue weighted by Crippen LogP contribution is 2.23. The summed E-state index contributed by atoms with van der Waals surface area (Å²) >= 11 is 0. The molecule has 1 rings (SSSR count). The highest BCUT2D eigenvalue weighted by molar-refractivity contribution is 5.77. The summed E-state index contributed by atoms with van der Waals surface area (Å²) in [4.78, 5) is 10.8. The Morgan fingerprint density at radius 1 is 1.86 bits per heavy atom. The minimum Gasteiger partial charge on any atom is -0.481 e. The minimum atomic E-state index is -0.993. The van der Waals surface area contributed by atoms with Gasteiger partial charge in [-0.25, -0.2) is 0 Å². The molecular formula is C8H10N4O2. The van der Waals surface area contributed by atoms with Crippen molar-refractivity contribution in [2.24, 2.45) is 0 Å². The largest absolute Gasteiger partial charge is 0.481 e. The Balaban J connectivity index is 3.18. The van der Waals surface area contributed by atoms with E-state index < -0.39 is 11.9 Å². The van der Waals surface area contributed by atoms with Gasteiger partial charge in [0, 0.05) is 0 Å². The lowest BCUT2D eigenvalue weighted by Gasteiger charge is -2.06. The highest BCUT2D eigenvalue weighted by Gasteiger charge is 2.24. The Labute approximate surface area is 80.3 Å². The third-order valence-corrected chi connectivity index (χ3v) is 1.99. The summed E-state index contributed by atoms with van der Waals surface area (Å²) in [6.45, 7) is 1.72. The monoisotopic (exact) mass is 194 g/mol. The number of nitrogens with one attached hydrogen (secondary N) is 1. The van der Waals surface area contributed by atoms with Crippen LogP contribution in [0.2, 0.25) is 0 Å². The van der Waals surface area contributed by atoms with Crippen molar-refractivity contribution >= 4 is 11.8 Å². The second-order valence-electron chi connectivity index (χ2n) is 2.81. The van der Waals surface area contributed by atoms with Crippen LogP contribution in [0.3, 0.4) is 0 Å². The first kappa shape index (κ1) is 10.1. The van der Waals surface area contributed by atoms with Gasteiger partial charge < -0.3 is 10.8 Å². The summed E-state index contributed by atoms with van der Waals surface area (Å²) in [7, 11) is 0. The summed E-state index contributed by atoms with van der Waals surface area (Å²) < 4.78 is 0. The van der Waals surface area contributed by atoms with Crippen LogP contribution in [0, 0.1) is 11.3 Å². The Bertz CT molecular complexity index is 391. The number of carboxylic acid groups (broad SMARTS) is 1. The molecule has 1 heterocycles. The van der Waals surface area contributed by atoms with Crippen molar-refractivity contribution < 1.29 is 9.90 Å². The third kappa shape index (κ3) is 1.52. The topological polar surface area (TPSA) is 116 Å². The SMILES string of the molecule is CCC(C(=O)O)c1[nH]nc(N)c1C#N. The predicted octanol–water partition coefficient (Wildman–Crippen LogP) is 0.442. The van der Waals surface area contributed by atoms with Crippen molar-refractivity contribution in [3.63, 3.8) is 0 Å². The zero-order valence-corrected chi connectivity index (χ0v) is 7.61. The standard InChI is InChI=1S/C8H10N4O2/c1-2-4(8(13)14)6-5(3-9)7(10)12-11-6/h4H,2H2,1H3,(H,13,14)(H3,10,11,12). The molecule has 6 heteroatoms. The number of H-pyrrole nitrogens is 1. The van der Waals surface area contributed by atoms with Crippen LogP contribution in [0.5, 0.6) is 0 Å². The summed E-state index contributed by atoms with van der Waals surface area (Å²) in [6, 6.07) is 1.83. The molecule has 6 nitrogen and oxygen atoms in total. The second-order valence-corrected chi connectivity index (χ2v) is 2.81. The van der Waals surface area contributed by atoms with Gasteiger partial charge in [0.1, 0.15) is 11.6 Å². The van der Waals surface area contributed by atoms with Gasteiger partial charge in [-0.1, -0.05) is 6.92 Å². The van der Waals surface area contributed by atoms with E-state index in [1.54, 1.807) is 6.92 Å². The van der Waals surface area contributed by atoms with E-state index in [1.165, 1.54) is 0 Å². The van der Waals surface area contributed by atoms with E-state index in [0.717, 1.165) is 0 Å². The van der Waals surface area contributed by atoms with Gasteiger partial charge in [0.05, 0.1) is 11.6 Å². The number of carbonyl (C=O) groups is 1. The van der Waals surface area contributed by atoms with Crippen LogP contribution >= 0.6 is 0 Å². The summed E-state index contributed by atoms with van der Waals surface area (Å²) in [5.41, 5.74) is 5.79. The number of anilines is 1. The molecule has 4 N–H and O–H groups in total. The molecular weight excluding hydrogens is 184 g/mol. The molecule has 0 aliphatic carbocycles. The molecule has 0 fully saturated rings. The fraction of sp³-hybridized carbons (Fsp3) is 0.375. The van der Waals surface area contributed by atoms with Crippen molar-refractivity contribution in [3.8, 4) is 6.07 Å². The van der Waals surface area contributed by atoms with Crippen LogP contribution in [0.4, 0.5) is 5.82 Å². The summed E-state index contributed by atoms with van der Waals surface area (Å²) in [5, 5.41) is 23.7. The van der Waals surface area contributed by atoms with Gasteiger partial charge >= 0.3 is 5.97 Å². The van der Waals surface area contributed by atoms with Crippen LogP contribution < -0.4 is 5.73 Å². The van der Waals surface area contributed by atoms with E-state index in [4.69, 9.17) is 16.1 Å². The zero-order chi connectivity index (χ0) is 10.7. The van der Waals surface area contributed by atoms with Crippen molar-refractivity contribution in [1.29, 1.82) is 5.26 Å². The lowest BCUT2D eigenvalue weighted by atomic mass is 9.99. The van der Waals surface area contributed by atoms with Gasteiger partial charge in [-0.15, -0.1) is 0 Å². The fourth-order valence-electron chi connectivity index (χ4n) is 1.24. The van der Waals surface area contributed by atoms with E-state index in [0.29, 0.717) is 6.42 Å². The first-order valence-electron chi connectivity index (χ1n) is 4.08. The molecule has 1 aromatic rings. The molecule has 0 aliphatic heterocycles.